The van der Waals surface area contributed by atoms with Crippen LogP contribution in [0.25, 0.3) is 0 Å². The van der Waals surface area contributed by atoms with Gasteiger partial charge in [0, 0.05) is 37.0 Å². The van der Waals surface area contributed by atoms with E-state index in [2.05, 4.69) is 4.90 Å². The van der Waals surface area contributed by atoms with E-state index in [1.54, 1.807) is 18.2 Å². The fraction of sp³-hybridized carbons (Fsp3) is 0.467. The van der Waals surface area contributed by atoms with E-state index in [0.29, 0.717) is 5.92 Å². The van der Waals surface area contributed by atoms with E-state index >= 15 is 0 Å². The van der Waals surface area contributed by atoms with Gasteiger partial charge < -0.3 is 25.6 Å². The molecule has 4 N–H and O–H groups in total. The topological polar surface area (TPSA) is 105 Å². The molecule has 0 aliphatic carbocycles. The highest BCUT2D eigenvalue weighted by Gasteiger charge is 2.20. The minimum absolute atomic E-state index is 0.0666. The Kier molecular flexibility index (Phi) is 4.80. The number of carboxylic acid groups (broad SMARTS) is 1. The average molecular weight is 292 g/mol. The van der Waals surface area contributed by atoms with Crippen molar-refractivity contribution in [3.8, 4) is 5.75 Å². The van der Waals surface area contributed by atoms with Crippen LogP contribution in [0.3, 0.4) is 0 Å². The van der Waals surface area contributed by atoms with Crippen molar-refractivity contribution >= 4 is 17.4 Å². The maximum absolute atomic E-state index is 10.6. The normalized spacial score (nSPS) is 16.0. The Morgan fingerprint density at radius 2 is 2.00 bits per heavy atom. The zero-order valence-corrected chi connectivity index (χ0v) is 11.7. The molecule has 1 aromatic carbocycles. The number of aliphatic carboxylic acids is 1. The highest BCUT2D eigenvalue weighted by molar-refractivity contribution is 6.08. The summed E-state index contributed by atoms with van der Waals surface area (Å²) in [5.74, 6) is -0.810. The zero-order valence-electron chi connectivity index (χ0n) is 11.7. The summed E-state index contributed by atoms with van der Waals surface area (Å²) in [6, 6.07) is 4.96. The Hall–Kier alpha value is -2.08. The molecule has 1 saturated heterocycles. The number of nitrogens with zero attached hydrogens (tertiary/aromatic N) is 1. The number of phenolic OH excluding ortho intramolecular Hbond substituents is 1. The number of aliphatic hydroxyl groups is 1. The first-order valence-electron chi connectivity index (χ1n) is 6.99. The Balaban J connectivity index is 2.09. The molecule has 0 atom stereocenters. The Morgan fingerprint density at radius 3 is 2.52 bits per heavy atom. The molecule has 1 aliphatic heterocycles. The van der Waals surface area contributed by atoms with Gasteiger partial charge in [-0.25, -0.2) is 0 Å². The molecule has 0 spiro atoms. The molecule has 0 unspecified atom stereocenters. The van der Waals surface area contributed by atoms with Crippen LogP contribution in [0.1, 0.15) is 24.8 Å². The van der Waals surface area contributed by atoms with E-state index in [0.717, 1.165) is 31.6 Å². The molecule has 0 amide bonds. The number of carbonyl (C=O) groups is 1. The van der Waals surface area contributed by atoms with Crippen molar-refractivity contribution in [2.75, 3.05) is 24.6 Å². The number of aliphatic hydroxyl groups excluding tert-OH is 1. The molecule has 6 heteroatoms. The number of nitrogens with one attached hydrogen (secondary N) is 1. The molecule has 2 rings (SSSR count). The van der Waals surface area contributed by atoms with Crippen LogP contribution in [0.15, 0.2) is 18.2 Å². The summed E-state index contributed by atoms with van der Waals surface area (Å²) in [7, 11) is 0. The first-order chi connectivity index (χ1) is 10.0. The van der Waals surface area contributed by atoms with Gasteiger partial charge in [0.25, 0.3) is 0 Å². The first kappa shape index (κ1) is 15.3. The summed E-state index contributed by atoms with van der Waals surface area (Å²) in [5, 5.41) is 35.5. The van der Waals surface area contributed by atoms with Gasteiger partial charge in [-0.15, -0.1) is 0 Å². The van der Waals surface area contributed by atoms with Crippen LogP contribution in [-0.4, -0.2) is 46.7 Å². The number of phenols is 1. The molecule has 1 aliphatic rings. The van der Waals surface area contributed by atoms with Gasteiger partial charge in [0.1, 0.15) is 5.75 Å². The van der Waals surface area contributed by atoms with E-state index < -0.39 is 12.4 Å². The zero-order chi connectivity index (χ0) is 15.4. The minimum atomic E-state index is -1.09. The van der Waals surface area contributed by atoms with Gasteiger partial charge >= 0.3 is 5.97 Å². The van der Waals surface area contributed by atoms with Crippen LogP contribution in [0, 0.1) is 11.3 Å². The van der Waals surface area contributed by atoms with E-state index in [1.165, 1.54) is 0 Å². The molecule has 114 valence electrons. The number of rotatable bonds is 5. The Morgan fingerprint density at radius 1 is 1.33 bits per heavy atom. The highest BCUT2D eigenvalue weighted by Crippen LogP contribution is 2.28. The number of hydrogen-bond donors (Lipinski definition) is 4. The van der Waals surface area contributed by atoms with Crippen LogP contribution >= 0.6 is 0 Å². The molecule has 1 aromatic rings. The van der Waals surface area contributed by atoms with Crippen molar-refractivity contribution in [2.45, 2.75) is 19.3 Å². The van der Waals surface area contributed by atoms with E-state index in [1.807, 2.05) is 0 Å². The van der Waals surface area contributed by atoms with Crippen molar-refractivity contribution in [1.82, 2.24) is 0 Å². The van der Waals surface area contributed by atoms with E-state index in [4.69, 9.17) is 15.6 Å². The lowest BCUT2D eigenvalue weighted by atomic mass is 9.97. The second-order valence-electron chi connectivity index (χ2n) is 5.36. The van der Waals surface area contributed by atoms with Gasteiger partial charge in [-0.1, -0.05) is 0 Å². The molecule has 0 bridgehead atoms. The lowest BCUT2D eigenvalue weighted by molar-refractivity contribution is -0.135. The smallest absolute Gasteiger partial charge is 0.309 e. The van der Waals surface area contributed by atoms with Gasteiger partial charge in [0.15, 0.2) is 0 Å². The quantitative estimate of drug-likeness (QED) is 0.615. The second-order valence-corrected chi connectivity index (χ2v) is 5.36. The van der Waals surface area contributed by atoms with E-state index in [9.17, 15) is 9.90 Å². The van der Waals surface area contributed by atoms with Crippen LogP contribution in [0.4, 0.5) is 5.69 Å². The summed E-state index contributed by atoms with van der Waals surface area (Å²) in [6.07, 6.45) is 1.41. The standard InChI is InChI=1S/C15H20N2O4/c16-13(8-15(20)21)12-2-1-11(7-14(12)19)17-5-3-10(9-18)4-6-17/h1-2,7,10,16,18-19H,3-6,8-9H2,(H,20,21). The molecule has 6 nitrogen and oxygen atoms in total. The summed E-state index contributed by atoms with van der Waals surface area (Å²) in [4.78, 5) is 12.7. The second kappa shape index (κ2) is 6.58. The van der Waals surface area contributed by atoms with Crippen molar-refractivity contribution in [3.63, 3.8) is 0 Å². The molecule has 21 heavy (non-hydrogen) atoms. The van der Waals surface area contributed by atoms with Crippen molar-refractivity contribution in [1.29, 1.82) is 5.41 Å². The van der Waals surface area contributed by atoms with Gasteiger partial charge in [-0.2, -0.15) is 0 Å². The highest BCUT2D eigenvalue weighted by atomic mass is 16.4. The molecule has 0 aromatic heterocycles. The SMILES string of the molecule is N=C(CC(=O)O)c1ccc(N2CCC(CO)CC2)cc1O. The third kappa shape index (κ3) is 3.72. The van der Waals surface area contributed by atoms with Crippen molar-refractivity contribution in [2.24, 2.45) is 5.92 Å². The van der Waals surface area contributed by atoms with Gasteiger partial charge in [-0.05, 0) is 30.9 Å². The summed E-state index contributed by atoms with van der Waals surface area (Å²) < 4.78 is 0. The number of carboxylic acids is 1. The lowest BCUT2D eigenvalue weighted by Gasteiger charge is -2.33. The average Bonchev–Trinajstić information content (AvgIpc) is 2.46. The van der Waals surface area contributed by atoms with E-state index in [-0.39, 0.29) is 23.6 Å². The number of benzene rings is 1. The number of piperidine rings is 1. The van der Waals surface area contributed by atoms with Crippen molar-refractivity contribution in [3.05, 3.63) is 23.8 Å². The Labute approximate surface area is 123 Å². The monoisotopic (exact) mass is 292 g/mol. The minimum Gasteiger partial charge on any atom is -0.507 e. The lowest BCUT2D eigenvalue weighted by Crippen LogP contribution is -2.34. The van der Waals surface area contributed by atoms with Crippen molar-refractivity contribution < 1.29 is 20.1 Å². The molecular formula is C15H20N2O4. The third-order valence-corrected chi connectivity index (χ3v) is 3.87. The number of anilines is 1. The fourth-order valence-electron chi connectivity index (χ4n) is 2.59. The maximum atomic E-state index is 10.6. The van der Waals surface area contributed by atoms with Gasteiger partial charge in [0.2, 0.25) is 0 Å². The Bertz CT molecular complexity index is 536. The van der Waals surface area contributed by atoms with Gasteiger partial charge in [0.05, 0.1) is 12.1 Å². The van der Waals surface area contributed by atoms with Gasteiger partial charge in [-0.3, -0.25) is 4.79 Å². The molecule has 1 heterocycles. The predicted molar refractivity (Wildman–Crippen MR) is 79.2 cm³/mol. The van der Waals surface area contributed by atoms with Crippen LogP contribution in [0.2, 0.25) is 0 Å². The predicted octanol–water partition coefficient (Wildman–Crippen LogP) is 1.44. The first-order valence-corrected chi connectivity index (χ1v) is 6.99. The maximum Gasteiger partial charge on any atom is 0.309 e. The molecule has 0 saturated carbocycles. The van der Waals surface area contributed by atoms with Crippen LogP contribution in [0.5, 0.6) is 5.75 Å². The number of hydrogen-bond acceptors (Lipinski definition) is 5. The number of aromatic hydroxyl groups is 1. The third-order valence-electron chi connectivity index (χ3n) is 3.87. The molecule has 1 fully saturated rings. The summed E-state index contributed by atoms with van der Waals surface area (Å²) in [6.45, 7) is 1.84. The largest absolute Gasteiger partial charge is 0.507 e. The fourth-order valence-corrected chi connectivity index (χ4v) is 2.59. The summed E-state index contributed by atoms with van der Waals surface area (Å²) >= 11 is 0. The summed E-state index contributed by atoms with van der Waals surface area (Å²) in [5.41, 5.74) is 1.01. The molecular weight excluding hydrogens is 272 g/mol. The van der Waals surface area contributed by atoms with Crippen LogP contribution in [-0.2, 0) is 4.79 Å². The van der Waals surface area contributed by atoms with Crippen LogP contribution < -0.4 is 4.90 Å². The molecule has 0 radical (unpaired) electrons.